The second-order valence-corrected chi connectivity index (χ2v) is 5.61. The number of rotatable bonds is 2. The van der Waals surface area contributed by atoms with E-state index in [9.17, 15) is 18.0 Å². The molecule has 1 aliphatic heterocycles. The zero-order valence-electron chi connectivity index (χ0n) is 9.45. The van der Waals surface area contributed by atoms with Crippen LogP contribution in [0.25, 0.3) is 0 Å². The molecule has 1 fully saturated rings. The van der Waals surface area contributed by atoms with E-state index in [0.717, 1.165) is 0 Å². The number of halogens is 4. The van der Waals surface area contributed by atoms with Crippen molar-refractivity contribution in [3.8, 4) is 5.75 Å². The molecule has 0 N–H and O–H groups in total. The zero-order valence-corrected chi connectivity index (χ0v) is 11.9. The summed E-state index contributed by atoms with van der Waals surface area (Å²) in [6.45, 7) is 0.431. The van der Waals surface area contributed by atoms with Gasteiger partial charge in [0.15, 0.2) is 0 Å². The Morgan fingerprint density at radius 1 is 1.42 bits per heavy atom. The molecule has 1 unspecified atom stereocenters. The molecule has 1 aromatic rings. The van der Waals surface area contributed by atoms with Gasteiger partial charge in [0.2, 0.25) is 5.91 Å². The number of amides is 1. The molecule has 0 radical (unpaired) electrons. The van der Waals surface area contributed by atoms with Gasteiger partial charge in [-0.25, -0.2) is 0 Å². The summed E-state index contributed by atoms with van der Waals surface area (Å²) in [5, 5.41) is -0.0644. The second kappa shape index (κ2) is 5.24. The molecule has 0 spiro atoms. The predicted molar refractivity (Wildman–Crippen MR) is 70.6 cm³/mol. The Morgan fingerprint density at radius 3 is 2.58 bits per heavy atom. The van der Waals surface area contributed by atoms with Gasteiger partial charge in [-0.15, -0.1) is 13.2 Å². The molecular formula is C11H9BrF3NO2S. The molecule has 0 bridgehead atoms. The van der Waals surface area contributed by atoms with Crippen LogP contribution in [0.15, 0.2) is 22.7 Å². The van der Waals surface area contributed by atoms with Crippen LogP contribution >= 0.6 is 28.6 Å². The summed E-state index contributed by atoms with van der Waals surface area (Å²) >= 11 is 7.37. The maximum atomic E-state index is 12.1. The molecule has 1 amide bonds. The third-order valence-corrected chi connectivity index (χ3v) is 3.53. The number of carbonyl (C=O) groups excluding carboxylic acids is 1. The van der Waals surface area contributed by atoms with E-state index in [1.807, 2.05) is 0 Å². The van der Waals surface area contributed by atoms with Crippen molar-refractivity contribution < 1.29 is 22.7 Å². The molecule has 0 aliphatic carbocycles. The highest BCUT2D eigenvalue weighted by Crippen LogP contribution is 2.35. The van der Waals surface area contributed by atoms with E-state index >= 15 is 0 Å². The molecular weight excluding hydrogens is 347 g/mol. The summed E-state index contributed by atoms with van der Waals surface area (Å²) in [4.78, 5) is 13.2. The summed E-state index contributed by atoms with van der Waals surface area (Å²) in [6.07, 6.45) is -4.42. The molecule has 1 atom stereocenters. The van der Waals surface area contributed by atoms with Crippen LogP contribution in [-0.4, -0.2) is 24.1 Å². The Balaban J connectivity index is 2.22. The fourth-order valence-corrected chi connectivity index (χ4v) is 2.72. The van der Waals surface area contributed by atoms with Crippen molar-refractivity contribution in [1.82, 2.24) is 0 Å². The molecule has 19 heavy (non-hydrogen) atoms. The molecule has 8 heteroatoms. The van der Waals surface area contributed by atoms with E-state index in [1.165, 1.54) is 23.1 Å². The second-order valence-electron chi connectivity index (χ2n) is 4.02. The summed E-state index contributed by atoms with van der Waals surface area (Å²) < 4.78 is 40.4. The lowest BCUT2D eigenvalue weighted by Gasteiger charge is -2.18. The van der Waals surface area contributed by atoms with Crippen molar-refractivity contribution in [3.63, 3.8) is 0 Å². The number of nitrogens with zero attached hydrogens (tertiary/aromatic N) is 1. The van der Waals surface area contributed by atoms with Gasteiger partial charge in [-0.1, -0.05) is 0 Å². The Morgan fingerprint density at radius 2 is 2.11 bits per heavy atom. The average Bonchev–Trinajstić information content (AvgIpc) is 2.55. The third kappa shape index (κ3) is 3.56. The molecule has 1 aliphatic rings. The summed E-state index contributed by atoms with van der Waals surface area (Å²) in [5.41, 5.74) is 0.510. The van der Waals surface area contributed by atoms with Gasteiger partial charge in [0, 0.05) is 22.7 Å². The van der Waals surface area contributed by atoms with E-state index in [4.69, 9.17) is 0 Å². The van der Waals surface area contributed by atoms with Gasteiger partial charge in [-0.3, -0.25) is 4.79 Å². The van der Waals surface area contributed by atoms with E-state index in [1.54, 1.807) is 0 Å². The predicted octanol–water partition coefficient (Wildman–Crippen LogP) is 3.38. The van der Waals surface area contributed by atoms with E-state index in [0.29, 0.717) is 23.1 Å². The number of hydrogen-bond acceptors (Lipinski definition) is 3. The lowest BCUT2D eigenvalue weighted by atomic mass is 10.3. The first-order valence-electron chi connectivity index (χ1n) is 5.30. The average molecular weight is 356 g/mol. The van der Waals surface area contributed by atoms with Crippen LogP contribution < -0.4 is 9.64 Å². The lowest BCUT2D eigenvalue weighted by Crippen LogP contribution is -2.25. The molecule has 1 saturated heterocycles. The Labute approximate surface area is 121 Å². The fourth-order valence-electron chi connectivity index (χ4n) is 1.83. The van der Waals surface area contributed by atoms with Crippen LogP contribution in [0, 0.1) is 0 Å². The van der Waals surface area contributed by atoms with Gasteiger partial charge in [-0.2, -0.15) is 12.6 Å². The zero-order chi connectivity index (χ0) is 14.2. The Bertz CT molecular complexity index is 509. The maximum absolute atomic E-state index is 12.1. The number of thiol groups is 1. The number of hydrogen-bond donors (Lipinski definition) is 1. The molecule has 3 nitrogen and oxygen atoms in total. The first kappa shape index (κ1) is 14.5. The van der Waals surface area contributed by atoms with E-state index in [2.05, 4.69) is 33.3 Å². The number of benzene rings is 1. The number of alkyl halides is 3. The molecule has 1 aromatic carbocycles. The molecule has 104 valence electrons. The topological polar surface area (TPSA) is 29.5 Å². The van der Waals surface area contributed by atoms with Crippen LogP contribution in [0.4, 0.5) is 18.9 Å². The van der Waals surface area contributed by atoms with Crippen molar-refractivity contribution in [2.45, 2.75) is 18.0 Å². The first-order chi connectivity index (χ1) is 8.76. The van der Waals surface area contributed by atoms with Crippen LogP contribution in [0.5, 0.6) is 5.75 Å². The highest BCUT2D eigenvalue weighted by atomic mass is 79.9. The van der Waals surface area contributed by atoms with Crippen molar-refractivity contribution in [2.75, 3.05) is 11.4 Å². The van der Waals surface area contributed by atoms with Crippen molar-refractivity contribution >= 4 is 40.2 Å². The van der Waals surface area contributed by atoms with Crippen molar-refractivity contribution in [1.29, 1.82) is 0 Å². The highest BCUT2D eigenvalue weighted by molar-refractivity contribution is 9.10. The summed E-state index contributed by atoms with van der Waals surface area (Å²) in [7, 11) is 0. The van der Waals surface area contributed by atoms with Gasteiger partial charge in [0.25, 0.3) is 0 Å². The fraction of sp³-hybridized carbons (Fsp3) is 0.364. The molecule has 0 saturated carbocycles. The van der Waals surface area contributed by atoms with Gasteiger partial charge >= 0.3 is 6.36 Å². The summed E-state index contributed by atoms with van der Waals surface area (Å²) in [5.74, 6) is -0.442. The Kier molecular flexibility index (Phi) is 4.00. The monoisotopic (exact) mass is 355 g/mol. The minimum Gasteiger partial charge on any atom is -0.406 e. The smallest absolute Gasteiger partial charge is 0.406 e. The van der Waals surface area contributed by atoms with Crippen LogP contribution in [0.3, 0.4) is 0 Å². The quantitative estimate of drug-likeness (QED) is 0.824. The number of carbonyl (C=O) groups is 1. The minimum absolute atomic E-state index is 0.0644. The molecule has 2 rings (SSSR count). The lowest BCUT2D eigenvalue weighted by molar-refractivity contribution is -0.274. The van der Waals surface area contributed by atoms with Crippen LogP contribution in [-0.2, 0) is 4.79 Å². The van der Waals surface area contributed by atoms with Gasteiger partial charge < -0.3 is 9.64 Å². The van der Waals surface area contributed by atoms with E-state index in [-0.39, 0.29) is 16.9 Å². The SMILES string of the molecule is O=C1CC(S)CN1c1ccc(OC(F)(F)F)cc1Br. The first-order valence-corrected chi connectivity index (χ1v) is 6.61. The summed E-state index contributed by atoms with van der Waals surface area (Å²) in [6, 6.07) is 3.77. The normalized spacial score (nSPS) is 19.9. The standard InChI is InChI=1S/C11H9BrF3NO2S/c12-8-3-6(18-11(13,14)15)1-2-9(8)16-5-7(19)4-10(16)17/h1-3,7,19H,4-5H2. The third-order valence-electron chi connectivity index (χ3n) is 2.55. The van der Waals surface area contributed by atoms with Gasteiger partial charge in [0.05, 0.1) is 5.69 Å². The molecule has 0 aromatic heterocycles. The minimum atomic E-state index is -4.74. The number of ether oxygens (including phenoxy) is 1. The van der Waals surface area contributed by atoms with Gasteiger partial charge in [-0.05, 0) is 34.1 Å². The van der Waals surface area contributed by atoms with Crippen LogP contribution in [0.1, 0.15) is 6.42 Å². The van der Waals surface area contributed by atoms with Crippen molar-refractivity contribution in [3.05, 3.63) is 22.7 Å². The largest absolute Gasteiger partial charge is 0.573 e. The number of anilines is 1. The highest BCUT2D eigenvalue weighted by Gasteiger charge is 2.32. The Hall–Kier alpha value is -0.890. The van der Waals surface area contributed by atoms with Crippen molar-refractivity contribution in [2.24, 2.45) is 0 Å². The maximum Gasteiger partial charge on any atom is 0.573 e. The van der Waals surface area contributed by atoms with Crippen LogP contribution in [0.2, 0.25) is 0 Å². The molecule has 1 heterocycles. The van der Waals surface area contributed by atoms with E-state index < -0.39 is 6.36 Å². The van der Waals surface area contributed by atoms with Gasteiger partial charge in [0.1, 0.15) is 5.75 Å².